The van der Waals surface area contributed by atoms with Crippen molar-refractivity contribution < 1.29 is 5.11 Å². The van der Waals surface area contributed by atoms with Crippen LogP contribution in [-0.4, -0.2) is 29.6 Å². The van der Waals surface area contributed by atoms with Crippen LogP contribution in [0.3, 0.4) is 0 Å². The molecule has 0 heterocycles. The third-order valence-electron chi connectivity index (χ3n) is 3.70. The number of benzene rings is 1. The van der Waals surface area contributed by atoms with Crippen molar-refractivity contribution in [3.63, 3.8) is 0 Å². The molecule has 0 aliphatic heterocycles. The molecular weight excluding hydrogens is 212 g/mol. The fourth-order valence-electron chi connectivity index (χ4n) is 2.64. The molecule has 94 valence electrons. The van der Waals surface area contributed by atoms with E-state index in [9.17, 15) is 5.11 Å². The summed E-state index contributed by atoms with van der Waals surface area (Å²) in [6, 6.07) is 8.17. The van der Waals surface area contributed by atoms with Crippen molar-refractivity contribution in [2.24, 2.45) is 0 Å². The number of aliphatic hydroxyl groups is 1. The van der Waals surface area contributed by atoms with Gasteiger partial charge in [0.2, 0.25) is 0 Å². The lowest BCUT2D eigenvalue weighted by Crippen LogP contribution is -2.33. The highest BCUT2D eigenvalue weighted by atomic mass is 16.3. The standard InChI is InChI=1S/C14H22N2O/c1-16(13-7-2-3-8-13)10-14(17)11-5-4-6-12(15)9-11/h4-6,9,13-14,17H,2-3,7-8,10,15H2,1H3. The highest BCUT2D eigenvalue weighted by molar-refractivity contribution is 5.41. The molecule has 0 saturated heterocycles. The fourth-order valence-corrected chi connectivity index (χ4v) is 2.64. The molecule has 1 fully saturated rings. The quantitative estimate of drug-likeness (QED) is 0.785. The Morgan fingerprint density at radius 1 is 1.41 bits per heavy atom. The van der Waals surface area contributed by atoms with E-state index in [2.05, 4.69) is 11.9 Å². The van der Waals surface area contributed by atoms with Gasteiger partial charge in [0.25, 0.3) is 0 Å². The predicted octanol–water partition coefficient (Wildman–Crippen LogP) is 2.18. The first-order valence-corrected chi connectivity index (χ1v) is 6.40. The van der Waals surface area contributed by atoms with Crippen molar-refractivity contribution in [3.05, 3.63) is 29.8 Å². The van der Waals surface area contributed by atoms with E-state index in [1.54, 1.807) is 0 Å². The van der Waals surface area contributed by atoms with E-state index < -0.39 is 6.10 Å². The number of nitrogen functional groups attached to an aromatic ring is 1. The molecule has 3 N–H and O–H groups in total. The molecule has 17 heavy (non-hydrogen) atoms. The van der Waals surface area contributed by atoms with Gasteiger partial charge in [0.1, 0.15) is 0 Å². The molecule has 2 rings (SSSR count). The Balaban J connectivity index is 1.93. The molecule has 1 aliphatic carbocycles. The second-order valence-corrected chi connectivity index (χ2v) is 5.06. The molecule has 0 bridgehead atoms. The van der Waals surface area contributed by atoms with Gasteiger partial charge >= 0.3 is 0 Å². The van der Waals surface area contributed by atoms with Crippen molar-refractivity contribution in [2.75, 3.05) is 19.3 Å². The summed E-state index contributed by atoms with van der Waals surface area (Å²) in [7, 11) is 2.10. The number of hydrogen-bond acceptors (Lipinski definition) is 3. The van der Waals surface area contributed by atoms with Gasteiger partial charge in [0, 0.05) is 18.3 Å². The molecule has 1 saturated carbocycles. The lowest BCUT2D eigenvalue weighted by atomic mass is 10.1. The zero-order valence-electron chi connectivity index (χ0n) is 10.5. The maximum absolute atomic E-state index is 10.2. The van der Waals surface area contributed by atoms with Crippen LogP contribution in [0, 0.1) is 0 Å². The van der Waals surface area contributed by atoms with Gasteiger partial charge in [0.15, 0.2) is 0 Å². The zero-order chi connectivity index (χ0) is 12.3. The number of hydrogen-bond donors (Lipinski definition) is 2. The SMILES string of the molecule is CN(CC(O)c1cccc(N)c1)C1CCCC1. The first-order chi connectivity index (χ1) is 8.16. The van der Waals surface area contributed by atoms with E-state index in [4.69, 9.17) is 5.73 Å². The van der Waals surface area contributed by atoms with E-state index in [-0.39, 0.29) is 0 Å². The summed E-state index contributed by atoms with van der Waals surface area (Å²) in [4.78, 5) is 2.28. The molecule has 1 aliphatic rings. The van der Waals surface area contributed by atoms with Crippen molar-refractivity contribution >= 4 is 5.69 Å². The number of anilines is 1. The summed E-state index contributed by atoms with van der Waals surface area (Å²) < 4.78 is 0. The van der Waals surface area contributed by atoms with Crippen LogP contribution in [0.25, 0.3) is 0 Å². The van der Waals surface area contributed by atoms with Crippen LogP contribution < -0.4 is 5.73 Å². The molecule has 1 aromatic carbocycles. The van der Waals surface area contributed by atoms with Crippen molar-refractivity contribution in [2.45, 2.75) is 37.8 Å². The molecular formula is C14H22N2O. The molecule has 1 unspecified atom stereocenters. The minimum absolute atomic E-state index is 0.441. The number of likely N-dealkylation sites (N-methyl/N-ethyl adjacent to an activating group) is 1. The van der Waals surface area contributed by atoms with Gasteiger partial charge in [-0.25, -0.2) is 0 Å². The molecule has 1 aromatic rings. The number of nitrogens with two attached hydrogens (primary N) is 1. The van der Waals surface area contributed by atoms with E-state index in [0.29, 0.717) is 18.3 Å². The van der Waals surface area contributed by atoms with E-state index in [1.807, 2.05) is 24.3 Å². The first kappa shape index (κ1) is 12.4. The zero-order valence-corrected chi connectivity index (χ0v) is 10.5. The second kappa shape index (κ2) is 5.52. The van der Waals surface area contributed by atoms with Gasteiger partial charge in [0.05, 0.1) is 6.10 Å². The number of aliphatic hydroxyl groups excluding tert-OH is 1. The Kier molecular flexibility index (Phi) is 4.02. The summed E-state index contributed by atoms with van der Waals surface area (Å²) in [5.41, 5.74) is 7.35. The molecule has 3 heteroatoms. The third-order valence-corrected chi connectivity index (χ3v) is 3.70. The van der Waals surface area contributed by atoms with Crippen molar-refractivity contribution in [3.8, 4) is 0 Å². The largest absolute Gasteiger partial charge is 0.399 e. The summed E-state index contributed by atoms with van der Waals surface area (Å²) in [5.74, 6) is 0. The lowest BCUT2D eigenvalue weighted by Gasteiger charge is -2.26. The Labute approximate surface area is 103 Å². The van der Waals surface area contributed by atoms with Gasteiger partial charge in [-0.2, -0.15) is 0 Å². The number of nitrogens with zero attached hydrogens (tertiary/aromatic N) is 1. The third kappa shape index (κ3) is 3.20. The second-order valence-electron chi connectivity index (χ2n) is 5.06. The Morgan fingerprint density at radius 2 is 2.12 bits per heavy atom. The maximum Gasteiger partial charge on any atom is 0.0917 e. The molecule has 0 aromatic heterocycles. The van der Waals surface area contributed by atoms with Crippen LogP contribution in [-0.2, 0) is 0 Å². The maximum atomic E-state index is 10.2. The van der Waals surface area contributed by atoms with E-state index in [1.165, 1.54) is 25.7 Å². The average molecular weight is 234 g/mol. The van der Waals surface area contributed by atoms with E-state index in [0.717, 1.165) is 5.56 Å². The van der Waals surface area contributed by atoms with Crippen LogP contribution in [0.4, 0.5) is 5.69 Å². The lowest BCUT2D eigenvalue weighted by molar-refractivity contribution is 0.105. The Bertz CT molecular complexity index is 361. The van der Waals surface area contributed by atoms with Gasteiger partial charge in [-0.3, -0.25) is 0 Å². The monoisotopic (exact) mass is 234 g/mol. The highest BCUT2D eigenvalue weighted by Gasteiger charge is 2.21. The normalized spacial score (nSPS) is 18.8. The van der Waals surface area contributed by atoms with Gasteiger partial charge < -0.3 is 15.7 Å². The minimum Gasteiger partial charge on any atom is -0.399 e. The first-order valence-electron chi connectivity index (χ1n) is 6.40. The summed E-state index contributed by atoms with van der Waals surface area (Å²) in [5, 5.41) is 10.2. The average Bonchev–Trinajstić information content (AvgIpc) is 2.82. The number of rotatable bonds is 4. The smallest absolute Gasteiger partial charge is 0.0917 e. The summed E-state index contributed by atoms with van der Waals surface area (Å²) in [6.07, 6.45) is 4.73. The topological polar surface area (TPSA) is 49.5 Å². The van der Waals surface area contributed by atoms with Gasteiger partial charge in [-0.1, -0.05) is 25.0 Å². The van der Waals surface area contributed by atoms with Crippen LogP contribution >= 0.6 is 0 Å². The van der Waals surface area contributed by atoms with Crippen LogP contribution in [0.2, 0.25) is 0 Å². The predicted molar refractivity (Wildman–Crippen MR) is 70.7 cm³/mol. The summed E-state index contributed by atoms with van der Waals surface area (Å²) in [6.45, 7) is 0.689. The van der Waals surface area contributed by atoms with Crippen LogP contribution in [0.5, 0.6) is 0 Å². The summed E-state index contributed by atoms with van der Waals surface area (Å²) >= 11 is 0. The van der Waals surface area contributed by atoms with Crippen LogP contribution in [0.15, 0.2) is 24.3 Å². The van der Waals surface area contributed by atoms with E-state index >= 15 is 0 Å². The minimum atomic E-state index is -0.441. The highest BCUT2D eigenvalue weighted by Crippen LogP contribution is 2.24. The van der Waals surface area contributed by atoms with Crippen molar-refractivity contribution in [1.82, 2.24) is 4.90 Å². The van der Waals surface area contributed by atoms with Gasteiger partial charge in [-0.05, 0) is 37.6 Å². The molecule has 0 radical (unpaired) electrons. The molecule has 0 spiro atoms. The van der Waals surface area contributed by atoms with Crippen molar-refractivity contribution in [1.29, 1.82) is 0 Å². The fraction of sp³-hybridized carbons (Fsp3) is 0.571. The Hall–Kier alpha value is -1.06. The Morgan fingerprint density at radius 3 is 2.76 bits per heavy atom. The molecule has 1 atom stereocenters. The molecule has 0 amide bonds. The van der Waals surface area contributed by atoms with Crippen LogP contribution in [0.1, 0.15) is 37.4 Å². The van der Waals surface area contributed by atoms with Gasteiger partial charge in [-0.15, -0.1) is 0 Å². The molecule has 3 nitrogen and oxygen atoms in total.